The number of rotatable bonds is 7. The average molecular weight is 328 g/mol. The van der Waals surface area contributed by atoms with Crippen molar-refractivity contribution in [3.63, 3.8) is 0 Å². The molecule has 1 unspecified atom stereocenters. The average Bonchev–Trinajstić information content (AvgIpc) is 2.53. The summed E-state index contributed by atoms with van der Waals surface area (Å²) in [5.74, 6) is -0.243. The van der Waals surface area contributed by atoms with Gasteiger partial charge in [-0.05, 0) is 44.4 Å². The van der Waals surface area contributed by atoms with Gasteiger partial charge in [0.1, 0.15) is 0 Å². The maximum absolute atomic E-state index is 11.8. The van der Waals surface area contributed by atoms with Crippen LogP contribution in [0.3, 0.4) is 0 Å². The molecular formula is C20H24O4. The molecule has 0 bridgehead atoms. The summed E-state index contributed by atoms with van der Waals surface area (Å²) < 4.78 is 11.3. The second-order valence-corrected chi connectivity index (χ2v) is 6.12. The van der Waals surface area contributed by atoms with E-state index in [-0.39, 0.29) is 6.10 Å². The summed E-state index contributed by atoms with van der Waals surface area (Å²) in [7, 11) is 1.58. The van der Waals surface area contributed by atoms with Crippen molar-refractivity contribution in [3.05, 3.63) is 59.2 Å². The number of carboxylic acids is 1. The van der Waals surface area contributed by atoms with Crippen LogP contribution in [-0.4, -0.2) is 24.3 Å². The summed E-state index contributed by atoms with van der Waals surface area (Å²) >= 11 is 0. The van der Waals surface area contributed by atoms with Crippen LogP contribution in [0.5, 0.6) is 11.5 Å². The molecule has 0 saturated carbocycles. The molecule has 0 heterocycles. The Morgan fingerprint density at radius 1 is 1.12 bits per heavy atom. The van der Waals surface area contributed by atoms with E-state index in [2.05, 4.69) is 0 Å². The van der Waals surface area contributed by atoms with E-state index in [0.29, 0.717) is 17.9 Å². The molecule has 1 atom stereocenters. The van der Waals surface area contributed by atoms with Crippen LogP contribution < -0.4 is 9.47 Å². The van der Waals surface area contributed by atoms with Crippen LogP contribution in [0.25, 0.3) is 0 Å². The number of hydrogen-bond acceptors (Lipinski definition) is 3. The summed E-state index contributed by atoms with van der Waals surface area (Å²) in [6, 6.07) is 13.2. The number of ether oxygens (including phenoxy) is 2. The van der Waals surface area contributed by atoms with Crippen LogP contribution in [0.1, 0.15) is 36.5 Å². The first kappa shape index (κ1) is 17.9. The van der Waals surface area contributed by atoms with E-state index in [1.54, 1.807) is 7.11 Å². The van der Waals surface area contributed by atoms with Gasteiger partial charge in [-0.2, -0.15) is 0 Å². The molecule has 2 aromatic rings. The van der Waals surface area contributed by atoms with Gasteiger partial charge in [0.05, 0.1) is 19.1 Å². The van der Waals surface area contributed by atoms with Crippen LogP contribution in [-0.2, 0) is 11.2 Å². The van der Waals surface area contributed by atoms with E-state index < -0.39 is 11.9 Å². The quantitative estimate of drug-likeness (QED) is 0.827. The zero-order valence-electron chi connectivity index (χ0n) is 14.6. The lowest BCUT2D eigenvalue weighted by molar-refractivity contribution is -0.138. The Morgan fingerprint density at radius 2 is 1.79 bits per heavy atom. The van der Waals surface area contributed by atoms with Gasteiger partial charge >= 0.3 is 5.97 Å². The topological polar surface area (TPSA) is 55.8 Å². The minimum atomic E-state index is -0.851. The molecule has 0 aliphatic rings. The van der Waals surface area contributed by atoms with E-state index in [9.17, 15) is 9.90 Å². The van der Waals surface area contributed by atoms with E-state index in [0.717, 1.165) is 16.7 Å². The minimum Gasteiger partial charge on any atom is -0.493 e. The highest BCUT2D eigenvalue weighted by Crippen LogP contribution is 2.35. The summed E-state index contributed by atoms with van der Waals surface area (Å²) in [6.07, 6.45) is 0.359. The van der Waals surface area contributed by atoms with Crippen molar-refractivity contribution >= 4 is 5.97 Å². The number of aliphatic carboxylic acids is 1. The fourth-order valence-corrected chi connectivity index (χ4v) is 2.67. The number of para-hydroxylation sites is 1. The Bertz CT molecular complexity index is 689. The van der Waals surface area contributed by atoms with Crippen LogP contribution >= 0.6 is 0 Å². The van der Waals surface area contributed by atoms with Crippen molar-refractivity contribution in [3.8, 4) is 11.5 Å². The smallest absolute Gasteiger partial charge is 0.311 e. The second-order valence-electron chi connectivity index (χ2n) is 6.12. The van der Waals surface area contributed by atoms with Crippen LogP contribution in [0, 0.1) is 6.92 Å². The number of aryl methyl sites for hydroxylation is 1. The minimum absolute atomic E-state index is 0.0153. The molecule has 0 radical (unpaired) electrons. The van der Waals surface area contributed by atoms with Crippen molar-refractivity contribution in [2.75, 3.05) is 7.11 Å². The summed E-state index contributed by atoms with van der Waals surface area (Å²) in [5.41, 5.74) is 2.71. The zero-order valence-corrected chi connectivity index (χ0v) is 14.6. The van der Waals surface area contributed by atoms with Crippen LogP contribution in [0.15, 0.2) is 42.5 Å². The van der Waals surface area contributed by atoms with Gasteiger partial charge in [0.25, 0.3) is 0 Å². The van der Waals surface area contributed by atoms with Gasteiger partial charge in [0, 0.05) is 0 Å². The third-order valence-corrected chi connectivity index (χ3v) is 3.83. The van der Waals surface area contributed by atoms with Crippen molar-refractivity contribution in [1.29, 1.82) is 0 Å². The molecular weight excluding hydrogens is 304 g/mol. The number of carboxylic acid groups (broad SMARTS) is 1. The molecule has 0 aliphatic carbocycles. The van der Waals surface area contributed by atoms with Gasteiger partial charge in [0.15, 0.2) is 11.5 Å². The molecule has 4 heteroatoms. The van der Waals surface area contributed by atoms with E-state index in [1.165, 1.54) is 0 Å². The molecule has 0 aromatic heterocycles. The second kappa shape index (κ2) is 7.86. The molecule has 24 heavy (non-hydrogen) atoms. The lowest BCUT2D eigenvalue weighted by Crippen LogP contribution is -2.15. The van der Waals surface area contributed by atoms with Gasteiger partial charge in [-0.25, -0.2) is 0 Å². The number of benzene rings is 2. The predicted octanol–water partition coefficient (Wildman–Crippen LogP) is 4.20. The van der Waals surface area contributed by atoms with Gasteiger partial charge in [-0.15, -0.1) is 0 Å². The van der Waals surface area contributed by atoms with Crippen LogP contribution in [0.4, 0.5) is 0 Å². The monoisotopic (exact) mass is 328 g/mol. The molecule has 0 aliphatic heterocycles. The Morgan fingerprint density at radius 3 is 2.33 bits per heavy atom. The first-order valence-corrected chi connectivity index (χ1v) is 8.04. The summed E-state index contributed by atoms with van der Waals surface area (Å²) in [6.45, 7) is 5.87. The fraction of sp³-hybridized carbons (Fsp3) is 0.350. The lowest BCUT2D eigenvalue weighted by Gasteiger charge is -2.19. The summed E-state index contributed by atoms with van der Waals surface area (Å²) in [5, 5.41) is 9.66. The SMILES string of the molecule is COc1c(CC(C(=O)O)c2ccc(C)cc2)cccc1OC(C)C. The Hall–Kier alpha value is -2.49. The Labute approximate surface area is 143 Å². The molecule has 2 aromatic carbocycles. The molecule has 128 valence electrons. The maximum atomic E-state index is 11.8. The Kier molecular flexibility index (Phi) is 5.85. The number of methoxy groups -OCH3 is 1. The molecule has 0 fully saturated rings. The van der Waals surface area contributed by atoms with E-state index in [1.807, 2.05) is 63.2 Å². The van der Waals surface area contributed by atoms with E-state index >= 15 is 0 Å². The standard InChI is InChI=1S/C20H24O4/c1-13(2)24-18-7-5-6-16(19(18)23-4)12-17(20(21)22)15-10-8-14(3)9-11-15/h5-11,13,17H,12H2,1-4H3,(H,21,22). The first-order valence-electron chi connectivity index (χ1n) is 8.04. The highest BCUT2D eigenvalue weighted by molar-refractivity contribution is 5.76. The molecule has 0 saturated heterocycles. The van der Waals surface area contributed by atoms with Gasteiger partial charge in [-0.1, -0.05) is 42.0 Å². The summed E-state index contributed by atoms with van der Waals surface area (Å²) in [4.78, 5) is 11.8. The largest absolute Gasteiger partial charge is 0.493 e. The normalized spacial score (nSPS) is 12.0. The lowest BCUT2D eigenvalue weighted by atomic mass is 9.91. The third kappa shape index (κ3) is 4.28. The van der Waals surface area contributed by atoms with Crippen molar-refractivity contribution in [1.82, 2.24) is 0 Å². The molecule has 0 amide bonds. The molecule has 1 N–H and O–H groups in total. The maximum Gasteiger partial charge on any atom is 0.311 e. The van der Waals surface area contributed by atoms with Crippen molar-refractivity contribution in [2.24, 2.45) is 0 Å². The molecule has 0 spiro atoms. The van der Waals surface area contributed by atoms with E-state index in [4.69, 9.17) is 9.47 Å². The highest BCUT2D eigenvalue weighted by Gasteiger charge is 2.23. The van der Waals surface area contributed by atoms with Gasteiger partial charge in [0.2, 0.25) is 0 Å². The molecule has 4 nitrogen and oxygen atoms in total. The first-order chi connectivity index (χ1) is 11.4. The van der Waals surface area contributed by atoms with Gasteiger partial charge < -0.3 is 14.6 Å². The highest BCUT2D eigenvalue weighted by atomic mass is 16.5. The van der Waals surface area contributed by atoms with Crippen molar-refractivity contribution in [2.45, 2.75) is 39.2 Å². The van der Waals surface area contributed by atoms with Crippen molar-refractivity contribution < 1.29 is 19.4 Å². The number of hydrogen-bond donors (Lipinski definition) is 1. The zero-order chi connectivity index (χ0) is 17.7. The Balaban J connectivity index is 2.36. The fourth-order valence-electron chi connectivity index (χ4n) is 2.67. The van der Waals surface area contributed by atoms with Crippen LogP contribution in [0.2, 0.25) is 0 Å². The predicted molar refractivity (Wildman–Crippen MR) is 94.0 cm³/mol. The number of carbonyl (C=O) groups is 1. The molecule has 2 rings (SSSR count). The third-order valence-electron chi connectivity index (χ3n) is 3.83. The van der Waals surface area contributed by atoms with Gasteiger partial charge in [-0.3, -0.25) is 4.79 Å².